The van der Waals surface area contributed by atoms with Crippen LogP contribution in [0.1, 0.15) is 12.8 Å². The van der Waals surface area contributed by atoms with Gasteiger partial charge in [0.25, 0.3) is 0 Å². The molecule has 0 atom stereocenters. The summed E-state index contributed by atoms with van der Waals surface area (Å²) in [6.07, 6.45) is 2.34. The molecule has 0 aliphatic heterocycles. The fraction of sp³-hybridized carbons (Fsp3) is 0.364. The van der Waals surface area contributed by atoms with E-state index in [1.807, 2.05) is 30.3 Å². The third-order valence-corrected chi connectivity index (χ3v) is 2.40. The number of hydrogen-bond acceptors (Lipinski definition) is 2. The van der Waals surface area contributed by atoms with Crippen LogP contribution in [0.25, 0.3) is 0 Å². The Morgan fingerprint density at radius 2 is 2.00 bits per heavy atom. The second kappa shape index (κ2) is 3.70. The van der Waals surface area contributed by atoms with Gasteiger partial charge in [-0.3, -0.25) is 4.79 Å². The van der Waals surface area contributed by atoms with Gasteiger partial charge >= 0.3 is 0 Å². The van der Waals surface area contributed by atoms with Crippen LogP contribution >= 0.6 is 0 Å². The maximum absolute atomic E-state index is 10.9. The Kier molecular flexibility index (Phi) is 2.39. The number of hydrogen-bond donors (Lipinski definition) is 1. The summed E-state index contributed by atoms with van der Waals surface area (Å²) in [5.41, 5.74) is 6.31. The Morgan fingerprint density at radius 1 is 1.36 bits per heavy atom. The van der Waals surface area contributed by atoms with Crippen LogP contribution in [0.3, 0.4) is 0 Å². The first-order valence-corrected chi connectivity index (χ1v) is 4.87. The van der Waals surface area contributed by atoms with Gasteiger partial charge < -0.3 is 10.6 Å². The molecule has 0 radical (unpaired) electrons. The minimum absolute atomic E-state index is 0.263. The standard InChI is InChI=1S/C11H14N2O/c12-11(14)8-13(10-6-7-10)9-4-2-1-3-5-9/h1-5,10H,6-8H2,(H2,12,14). The van der Waals surface area contributed by atoms with Crippen LogP contribution in [0.4, 0.5) is 5.69 Å². The highest BCUT2D eigenvalue weighted by Gasteiger charge is 2.29. The van der Waals surface area contributed by atoms with Crippen LogP contribution in [0.5, 0.6) is 0 Å². The highest BCUT2D eigenvalue weighted by molar-refractivity contribution is 5.79. The fourth-order valence-corrected chi connectivity index (χ4v) is 1.60. The summed E-state index contributed by atoms with van der Waals surface area (Å²) in [6.45, 7) is 0.328. The zero-order chi connectivity index (χ0) is 9.97. The summed E-state index contributed by atoms with van der Waals surface area (Å²) in [6, 6.07) is 10.5. The predicted molar refractivity (Wildman–Crippen MR) is 56.0 cm³/mol. The Morgan fingerprint density at radius 3 is 2.50 bits per heavy atom. The monoisotopic (exact) mass is 190 g/mol. The molecule has 1 aromatic rings. The molecule has 74 valence electrons. The Bertz CT molecular complexity index is 319. The van der Waals surface area contributed by atoms with Crippen molar-refractivity contribution in [3.8, 4) is 0 Å². The van der Waals surface area contributed by atoms with Crippen LogP contribution in [0.15, 0.2) is 30.3 Å². The van der Waals surface area contributed by atoms with Crippen LogP contribution in [0.2, 0.25) is 0 Å². The first-order chi connectivity index (χ1) is 6.77. The lowest BCUT2D eigenvalue weighted by atomic mass is 10.3. The minimum atomic E-state index is -0.263. The molecule has 0 heterocycles. The number of primary amides is 1. The number of rotatable bonds is 4. The molecule has 0 aromatic heterocycles. The quantitative estimate of drug-likeness (QED) is 0.774. The molecule has 1 aliphatic carbocycles. The molecule has 2 rings (SSSR count). The second-order valence-electron chi connectivity index (χ2n) is 3.66. The highest BCUT2D eigenvalue weighted by Crippen LogP contribution is 2.30. The summed E-state index contributed by atoms with van der Waals surface area (Å²) in [4.78, 5) is 13.0. The van der Waals surface area contributed by atoms with E-state index in [9.17, 15) is 4.79 Å². The number of para-hydroxylation sites is 1. The lowest BCUT2D eigenvalue weighted by molar-refractivity contribution is -0.116. The minimum Gasteiger partial charge on any atom is -0.368 e. The third-order valence-electron chi connectivity index (χ3n) is 2.40. The van der Waals surface area contributed by atoms with E-state index in [4.69, 9.17) is 5.73 Å². The van der Waals surface area contributed by atoms with Gasteiger partial charge in [-0.1, -0.05) is 18.2 Å². The summed E-state index contributed by atoms with van der Waals surface area (Å²) in [5.74, 6) is -0.263. The first kappa shape index (κ1) is 9.06. The van der Waals surface area contributed by atoms with Crippen molar-refractivity contribution in [2.24, 2.45) is 5.73 Å². The average Bonchev–Trinajstić information content (AvgIpc) is 2.99. The largest absolute Gasteiger partial charge is 0.368 e. The fourth-order valence-electron chi connectivity index (χ4n) is 1.60. The van der Waals surface area contributed by atoms with Crippen LogP contribution in [-0.4, -0.2) is 18.5 Å². The molecule has 3 nitrogen and oxygen atoms in total. The topological polar surface area (TPSA) is 46.3 Å². The number of carbonyl (C=O) groups excluding carboxylic acids is 1. The van der Waals surface area contributed by atoms with E-state index in [1.165, 1.54) is 12.8 Å². The van der Waals surface area contributed by atoms with E-state index in [1.54, 1.807) is 0 Å². The predicted octanol–water partition coefficient (Wildman–Crippen LogP) is 1.14. The molecule has 1 aromatic carbocycles. The van der Waals surface area contributed by atoms with Crippen molar-refractivity contribution in [2.45, 2.75) is 18.9 Å². The number of nitrogens with two attached hydrogens (primary N) is 1. The zero-order valence-corrected chi connectivity index (χ0v) is 8.02. The molecular weight excluding hydrogens is 176 g/mol. The Hall–Kier alpha value is -1.51. The third kappa shape index (κ3) is 2.05. The van der Waals surface area contributed by atoms with E-state index in [-0.39, 0.29) is 5.91 Å². The van der Waals surface area contributed by atoms with Gasteiger partial charge in [0.05, 0.1) is 6.54 Å². The van der Waals surface area contributed by atoms with E-state index in [0.29, 0.717) is 12.6 Å². The summed E-state index contributed by atoms with van der Waals surface area (Å²) >= 11 is 0. The van der Waals surface area contributed by atoms with Gasteiger partial charge in [0, 0.05) is 11.7 Å². The Balaban J connectivity index is 2.14. The summed E-state index contributed by atoms with van der Waals surface area (Å²) in [5, 5.41) is 0. The normalized spacial score (nSPS) is 15.1. The summed E-state index contributed by atoms with van der Waals surface area (Å²) < 4.78 is 0. The van der Waals surface area contributed by atoms with Crippen molar-refractivity contribution in [3.63, 3.8) is 0 Å². The number of benzene rings is 1. The number of carbonyl (C=O) groups is 1. The van der Waals surface area contributed by atoms with Crippen molar-refractivity contribution in [2.75, 3.05) is 11.4 Å². The molecule has 1 fully saturated rings. The van der Waals surface area contributed by atoms with Gasteiger partial charge in [0.15, 0.2) is 0 Å². The molecule has 1 aliphatic rings. The summed E-state index contributed by atoms with van der Waals surface area (Å²) in [7, 11) is 0. The van der Waals surface area contributed by atoms with Gasteiger partial charge in [-0.25, -0.2) is 0 Å². The molecule has 0 unspecified atom stereocenters. The highest BCUT2D eigenvalue weighted by atomic mass is 16.1. The van der Waals surface area contributed by atoms with Gasteiger partial charge in [0.2, 0.25) is 5.91 Å². The smallest absolute Gasteiger partial charge is 0.236 e. The van der Waals surface area contributed by atoms with Crippen molar-refractivity contribution in [1.29, 1.82) is 0 Å². The van der Waals surface area contributed by atoms with Crippen molar-refractivity contribution in [3.05, 3.63) is 30.3 Å². The molecular formula is C11H14N2O. The lowest BCUT2D eigenvalue weighted by Crippen LogP contribution is -2.35. The van der Waals surface area contributed by atoms with Gasteiger partial charge in [-0.05, 0) is 25.0 Å². The average molecular weight is 190 g/mol. The van der Waals surface area contributed by atoms with E-state index in [0.717, 1.165) is 5.69 Å². The molecule has 14 heavy (non-hydrogen) atoms. The van der Waals surface area contributed by atoms with Gasteiger partial charge in [-0.15, -0.1) is 0 Å². The van der Waals surface area contributed by atoms with Gasteiger partial charge in [0.1, 0.15) is 0 Å². The molecule has 0 saturated heterocycles. The van der Waals surface area contributed by atoms with E-state index in [2.05, 4.69) is 4.90 Å². The Labute approximate surface area is 83.5 Å². The SMILES string of the molecule is NC(=O)CN(c1ccccc1)C1CC1. The lowest BCUT2D eigenvalue weighted by Gasteiger charge is -2.22. The van der Waals surface area contributed by atoms with Crippen molar-refractivity contribution in [1.82, 2.24) is 0 Å². The maximum Gasteiger partial charge on any atom is 0.236 e. The van der Waals surface area contributed by atoms with E-state index >= 15 is 0 Å². The molecule has 2 N–H and O–H groups in total. The molecule has 3 heteroatoms. The van der Waals surface area contributed by atoms with E-state index < -0.39 is 0 Å². The second-order valence-corrected chi connectivity index (χ2v) is 3.66. The van der Waals surface area contributed by atoms with Crippen molar-refractivity contribution < 1.29 is 4.79 Å². The molecule has 1 amide bonds. The number of amides is 1. The molecule has 1 saturated carbocycles. The first-order valence-electron chi connectivity index (χ1n) is 4.87. The van der Waals surface area contributed by atoms with Crippen LogP contribution < -0.4 is 10.6 Å². The zero-order valence-electron chi connectivity index (χ0n) is 8.02. The van der Waals surface area contributed by atoms with Crippen LogP contribution in [0, 0.1) is 0 Å². The molecule has 0 bridgehead atoms. The van der Waals surface area contributed by atoms with Crippen molar-refractivity contribution >= 4 is 11.6 Å². The number of anilines is 1. The molecule has 0 spiro atoms. The van der Waals surface area contributed by atoms with Gasteiger partial charge in [-0.2, -0.15) is 0 Å². The van der Waals surface area contributed by atoms with Crippen LogP contribution in [-0.2, 0) is 4.79 Å². The maximum atomic E-state index is 10.9. The number of nitrogens with zero attached hydrogens (tertiary/aromatic N) is 1.